The zero-order valence-corrected chi connectivity index (χ0v) is 6.64. The van der Waals surface area contributed by atoms with Gasteiger partial charge in [-0.1, -0.05) is 0 Å². The van der Waals surface area contributed by atoms with E-state index in [1.807, 2.05) is 0 Å². The molecule has 0 aromatic carbocycles. The number of hydrazine groups is 1. The topological polar surface area (TPSA) is 70.2 Å². The molecule has 1 spiro atoms. The molecule has 0 radical (unpaired) electrons. The first-order valence-corrected chi connectivity index (χ1v) is 4.07. The van der Waals surface area contributed by atoms with Gasteiger partial charge < -0.3 is 5.32 Å². The molecule has 3 N–H and O–H groups in total. The van der Waals surface area contributed by atoms with E-state index in [2.05, 4.69) is 16.2 Å². The van der Waals surface area contributed by atoms with Crippen molar-refractivity contribution >= 4 is 11.8 Å². The molecule has 2 rings (SSSR count). The van der Waals surface area contributed by atoms with Gasteiger partial charge in [-0.15, -0.1) is 0 Å². The zero-order valence-electron chi connectivity index (χ0n) is 6.64. The van der Waals surface area contributed by atoms with E-state index in [-0.39, 0.29) is 17.5 Å². The highest BCUT2D eigenvalue weighted by Gasteiger charge is 2.40. The van der Waals surface area contributed by atoms with Crippen LogP contribution in [0.1, 0.15) is 25.7 Å². The third kappa shape index (κ3) is 1.16. The van der Waals surface area contributed by atoms with E-state index in [0.717, 1.165) is 0 Å². The molecule has 1 aliphatic heterocycles. The van der Waals surface area contributed by atoms with Gasteiger partial charge in [-0.3, -0.25) is 10.2 Å². The Hall–Kier alpha value is -1.10. The molecule has 2 fully saturated rings. The van der Waals surface area contributed by atoms with Crippen LogP contribution >= 0.6 is 0 Å². The average molecular weight is 169 g/mol. The van der Waals surface area contributed by atoms with E-state index in [4.69, 9.17) is 0 Å². The summed E-state index contributed by atoms with van der Waals surface area (Å²) >= 11 is 0. The molecule has 1 heterocycles. The summed E-state index contributed by atoms with van der Waals surface area (Å²) in [7, 11) is 0. The Balaban J connectivity index is 2.04. The van der Waals surface area contributed by atoms with Crippen LogP contribution in [0.15, 0.2) is 0 Å². The molecule has 2 amide bonds. The lowest BCUT2D eigenvalue weighted by Gasteiger charge is -2.31. The molecular weight excluding hydrogens is 158 g/mol. The van der Waals surface area contributed by atoms with Crippen molar-refractivity contribution in [1.82, 2.24) is 16.2 Å². The number of hydrogen-bond acceptors (Lipinski definition) is 3. The lowest BCUT2D eigenvalue weighted by Crippen LogP contribution is -2.52. The predicted molar refractivity (Wildman–Crippen MR) is 41.0 cm³/mol. The third-order valence-electron chi connectivity index (χ3n) is 2.43. The fraction of sp³-hybridized carbons (Fsp3) is 0.714. The van der Waals surface area contributed by atoms with Crippen molar-refractivity contribution in [2.24, 2.45) is 0 Å². The molecule has 0 bridgehead atoms. The summed E-state index contributed by atoms with van der Waals surface area (Å²) < 4.78 is 0. The molecule has 12 heavy (non-hydrogen) atoms. The van der Waals surface area contributed by atoms with Gasteiger partial charge >= 0.3 is 6.03 Å². The third-order valence-corrected chi connectivity index (χ3v) is 2.43. The molecule has 0 unspecified atom stereocenters. The molecule has 0 aromatic rings. The Labute approximate surface area is 69.9 Å². The van der Waals surface area contributed by atoms with Crippen molar-refractivity contribution < 1.29 is 9.59 Å². The summed E-state index contributed by atoms with van der Waals surface area (Å²) in [5.74, 6) is 0.281. The van der Waals surface area contributed by atoms with Crippen LogP contribution in [0.25, 0.3) is 0 Å². The highest BCUT2D eigenvalue weighted by molar-refractivity contribution is 5.81. The fourth-order valence-electron chi connectivity index (χ4n) is 1.66. The van der Waals surface area contributed by atoms with Gasteiger partial charge in [0, 0.05) is 12.8 Å². The summed E-state index contributed by atoms with van der Waals surface area (Å²) in [6, 6.07) is -0.204. The van der Waals surface area contributed by atoms with Crippen LogP contribution in [0, 0.1) is 0 Å². The molecule has 2 aliphatic rings. The summed E-state index contributed by atoms with van der Waals surface area (Å²) in [5, 5.41) is 2.78. The van der Waals surface area contributed by atoms with E-state index >= 15 is 0 Å². The molecule has 1 saturated carbocycles. The van der Waals surface area contributed by atoms with E-state index < -0.39 is 0 Å². The molecule has 0 atom stereocenters. The van der Waals surface area contributed by atoms with Gasteiger partial charge in [0.15, 0.2) is 0 Å². The normalized spacial score (nSPS) is 27.0. The predicted octanol–water partition coefficient (Wildman–Crippen LogP) is -0.357. The highest BCUT2D eigenvalue weighted by atomic mass is 16.2. The second kappa shape index (κ2) is 2.45. The number of hydrogen-bond donors (Lipinski definition) is 3. The number of nitrogens with one attached hydrogen (secondary N) is 3. The summed E-state index contributed by atoms with van der Waals surface area (Å²) in [6.07, 6.45) is 2.47. The summed E-state index contributed by atoms with van der Waals surface area (Å²) in [4.78, 5) is 21.8. The minimum atomic E-state index is -0.356. The smallest absolute Gasteiger partial charge is 0.317 e. The standard InChI is InChI=1S/C7H11N3O2/c11-5-1-3-7(4-2-5)8-6(12)9-10-7/h10H,1-4H2,(H2,8,9,12). The maximum atomic E-state index is 10.9. The molecule has 5 heteroatoms. The Morgan fingerprint density at radius 1 is 1.17 bits per heavy atom. The van der Waals surface area contributed by atoms with Gasteiger partial charge in [0.25, 0.3) is 0 Å². The first kappa shape index (κ1) is 7.54. The molecule has 1 saturated heterocycles. The Morgan fingerprint density at radius 2 is 1.83 bits per heavy atom. The highest BCUT2D eigenvalue weighted by Crippen LogP contribution is 2.24. The minimum Gasteiger partial charge on any atom is -0.317 e. The number of carbonyl (C=O) groups excluding carboxylic acids is 2. The Bertz CT molecular complexity index is 229. The largest absolute Gasteiger partial charge is 0.330 e. The quantitative estimate of drug-likeness (QED) is 0.464. The van der Waals surface area contributed by atoms with E-state index in [1.54, 1.807) is 0 Å². The van der Waals surface area contributed by atoms with Gasteiger partial charge in [-0.05, 0) is 12.8 Å². The Kier molecular flexibility index (Phi) is 1.54. The molecule has 66 valence electrons. The maximum absolute atomic E-state index is 10.9. The van der Waals surface area contributed by atoms with Crippen LogP contribution in [0.5, 0.6) is 0 Å². The number of ketones is 1. The first-order chi connectivity index (χ1) is 5.70. The lowest BCUT2D eigenvalue weighted by atomic mass is 9.89. The Morgan fingerprint density at radius 3 is 2.33 bits per heavy atom. The monoisotopic (exact) mass is 169 g/mol. The van der Waals surface area contributed by atoms with Crippen LogP contribution in [0.4, 0.5) is 4.79 Å². The van der Waals surface area contributed by atoms with Gasteiger partial charge in [-0.2, -0.15) is 0 Å². The number of Topliss-reactive ketones (excluding diaryl/α,β-unsaturated/α-hetero) is 1. The van der Waals surface area contributed by atoms with Crippen LogP contribution < -0.4 is 16.2 Å². The van der Waals surface area contributed by atoms with Crippen LogP contribution in [-0.2, 0) is 4.79 Å². The summed E-state index contributed by atoms with van der Waals surface area (Å²) in [5.41, 5.74) is 5.01. The first-order valence-electron chi connectivity index (χ1n) is 4.07. The molecule has 5 nitrogen and oxygen atoms in total. The average Bonchev–Trinajstić information content (AvgIpc) is 2.40. The van der Waals surface area contributed by atoms with Crippen molar-refractivity contribution in [3.05, 3.63) is 0 Å². The molecular formula is C7H11N3O2. The van der Waals surface area contributed by atoms with E-state index in [0.29, 0.717) is 25.7 Å². The second-order valence-electron chi connectivity index (χ2n) is 3.32. The van der Waals surface area contributed by atoms with Gasteiger partial charge in [-0.25, -0.2) is 10.2 Å². The van der Waals surface area contributed by atoms with Crippen LogP contribution in [0.3, 0.4) is 0 Å². The fourth-order valence-corrected chi connectivity index (χ4v) is 1.66. The zero-order chi connectivity index (χ0) is 8.60. The van der Waals surface area contributed by atoms with Crippen molar-refractivity contribution in [3.8, 4) is 0 Å². The van der Waals surface area contributed by atoms with E-state index in [9.17, 15) is 9.59 Å². The van der Waals surface area contributed by atoms with Crippen LogP contribution in [0.2, 0.25) is 0 Å². The van der Waals surface area contributed by atoms with Gasteiger partial charge in [0.2, 0.25) is 0 Å². The SMILES string of the molecule is O=C1CCC2(CC1)NNC(=O)N2. The van der Waals surface area contributed by atoms with Crippen molar-refractivity contribution in [2.75, 3.05) is 0 Å². The van der Waals surface area contributed by atoms with Crippen molar-refractivity contribution in [1.29, 1.82) is 0 Å². The number of urea groups is 1. The number of amides is 2. The maximum Gasteiger partial charge on any atom is 0.330 e. The van der Waals surface area contributed by atoms with Crippen LogP contribution in [-0.4, -0.2) is 17.5 Å². The molecule has 0 aromatic heterocycles. The van der Waals surface area contributed by atoms with E-state index in [1.165, 1.54) is 0 Å². The number of rotatable bonds is 0. The van der Waals surface area contributed by atoms with Gasteiger partial charge in [0.05, 0.1) is 0 Å². The molecule has 1 aliphatic carbocycles. The summed E-state index contributed by atoms with van der Waals surface area (Å²) in [6.45, 7) is 0. The van der Waals surface area contributed by atoms with Crippen molar-refractivity contribution in [2.45, 2.75) is 31.3 Å². The lowest BCUT2D eigenvalue weighted by molar-refractivity contribution is -0.121. The van der Waals surface area contributed by atoms with Gasteiger partial charge in [0.1, 0.15) is 11.4 Å². The second-order valence-corrected chi connectivity index (χ2v) is 3.32. The van der Waals surface area contributed by atoms with Crippen molar-refractivity contribution in [3.63, 3.8) is 0 Å². The number of carbonyl (C=O) groups is 2. The minimum absolute atomic E-state index is 0.204.